The second-order valence-electron chi connectivity index (χ2n) is 6.77. The lowest BCUT2D eigenvalue weighted by molar-refractivity contribution is 0.102. The van der Waals surface area contributed by atoms with Gasteiger partial charge in [0, 0.05) is 48.3 Å². The van der Waals surface area contributed by atoms with Gasteiger partial charge < -0.3 is 14.8 Å². The molecule has 142 valence electrons. The average Bonchev–Trinajstić information content (AvgIpc) is 3.33. The molecule has 6 heteroatoms. The molecule has 1 N–H and O–H groups in total. The highest BCUT2D eigenvalue weighted by molar-refractivity contribution is 7.13. The number of hydrogen-bond donors (Lipinski definition) is 1. The Kier molecular flexibility index (Phi) is 4.88. The first kappa shape index (κ1) is 18.3. The second-order valence-corrected chi connectivity index (χ2v) is 7.62. The van der Waals surface area contributed by atoms with Crippen LogP contribution in [0.1, 0.15) is 17.4 Å². The molecule has 0 saturated heterocycles. The SMILES string of the molecule is CCn1c(-c2nc(C(=O)Nc3ccc(N(C)C)cc3)cs2)cc2ccccc21. The van der Waals surface area contributed by atoms with Gasteiger partial charge in [-0.05, 0) is 43.3 Å². The van der Waals surface area contributed by atoms with Crippen LogP contribution in [0.2, 0.25) is 0 Å². The maximum absolute atomic E-state index is 12.6. The van der Waals surface area contributed by atoms with Gasteiger partial charge in [-0.15, -0.1) is 11.3 Å². The number of anilines is 2. The zero-order valence-electron chi connectivity index (χ0n) is 16.1. The van der Waals surface area contributed by atoms with E-state index in [0.717, 1.165) is 28.6 Å². The number of thiazole rings is 1. The van der Waals surface area contributed by atoms with E-state index >= 15 is 0 Å². The maximum atomic E-state index is 12.6. The summed E-state index contributed by atoms with van der Waals surface area (Å²) in [5, 5.41) is 6.78. The van der Waals surface area contributed by atoms with E-state index in [4.69, 9.17) is 0 Å². The zero-order valence-corrected chi connectivity index (χ0v) is 17.0. The van der Waals surface area contributed by atoms with Crippen molar-refractivity contribution in [1.82, 2.24) is 9.55 Å². The van der Waals surface area contributed by atoms with Crippen molar-refractivity contribution in [3.63, 3.8) is 0 Å². The molecule has 2 heterocycles. The Morgan fingerprint density at radius 2 is 1.89 bits per heavy atom. The van der Waals surface area contributed by atoms with Gasteiger partial charge in [0.05, 0.1) is 5.69 Å². The van der Waals surface area contributed by atoms with Gasteiger partial charge in [0.2, 0.25) is 0 Å². The van der Waals surface area contributed by atoms with Crippen molar-refractivity contribution >= 4 is 39.5 Å². The molecule has 0 aliphatic rings. The van der Waals surface area contributed by atoms with E-state index in [2.05, 4.69) is 40.0 Å². The molecule has 0 aliphatic carbocycles. The number of nitrogens with zero attached hydrogens (tertiary/aromatic N) is 3. The lowest BCUT2D eigenvalue weighted by atomic mass is 10.2. The summed E-state index contributed by atoms with van der Waals surface area (Å²) in [4.78, 5) is 19.2. The summed E-state index contributed by atoms with van der Waals surface area (Å²) in [5.41, 5.74) is 4.50. The van der Waals surface area contributed by atoms with Crippen LogP contribution < -0.4 is 10.2 Å². The Morgan fingerprint density at radius 3 is 2.61 bits per heavy atom. The number of fused-ring (bicyclic) bond motifs is 1. The Hall–Kier alpha value is -3.12. The quantitative estimate of drug-likeness (QED) is 0.516. The third-order valence-electron chi connectivity index (χ3n) is 4.72. The van der Waals surface area contributed by atoms with E-state index in [-0.39, 0.29) is 5.91 Å². The first-order valence-corrected chi connectivity index (χ1v) is 10.1. The number of rotatable bonds is 5. The van der Waals surface area contributed by atoms with Crippen LogP contribution >= 0.6 is 11.3 Å². The Balaban J connectivity index is 1.58. The molecule has 4 aromatic rings. The van der Waals surface area contributed by atoms with Crippen LogP contribution in [0.3, 0.4) is 0 Å². The smallest absolute Gasteiger partial charge is 0.275 e. The van der Waals surface area contributed by atoms with Crippen LogP contribution in [0.4, 0.5) is 11.4 Å². The normalized spacial score (nSPS) is 11.0. The van der Waals surface area contributed by atoms with Crippen LogP contribution in [0.15, 0.2) is 60.0 Å². The van der Waals surface area contributed by atoms with Crippen molar-refractivity contribution in [3.05, 3.63) is 65.7 Å². The highest BCUT2D eigenvalue weighted by Crippen LogP contribution is 2.30. The van der Waals surface area contributed by atoms with Gasteiger partial charge in [0.25, 0.3) is 5.91 Å². The van der Waals surface area contributed by atoms with Crippen LogP contribution in [0.25, 0.3) is 21.6 Å². The summed E-state index contributed by atoms with van der Waals surface area (Å²) >= 11 is 1.49. The van der Waals surface area contributed by atoms with Gasteiger partial charge in [-0.2, -0.15) is 0 Å². The number of aryl methyl sites for hydroxylation is 1. The van der Waals surface area contributed by atoms with Crippen molar-refractivity contribution in [2.24, 2.45) is 0 Å². The molecular formula is C22H22N4OS. The monoisotopic (exact) mass is 390 g/mol. The molecule has 0 bridgehead atoms. The lowest BCUT2D eigenvalue weighted by Gasteiger charge is -2.12. The van der Waals surface area contributed by atoms with Gasteiger partial charge in [0.15, 0.2) is 0 Å². The largest absolute Gasteiger partial charge is 0.378 e. The van der Waals surface area contributed by atoms with Crippen molar-refractivity contribution < 1.29 is 4.79 Å². The van der Waals surface area contributed by atoms with E-state index in [1.165, 1.54) is 22.2 Å². The third kappa shape index (κ3) is 3.39. The number of carbonyl (C=O) groups excluding carboxylic acids is 1. The fourth-order valence-electron chi connectivity index (χ4n) is 3.26. The first-order valence-electron chi connectivity index (χ1n) is 9.19. The van der Waals surface area contributed by atoms with Crippen LogP contribution in [-0.4, -0.2) is 29.6 Å². The van der Waals surface area contributed by atoms with Crippen molar-refractivity contribution in [3.8, 4) is 10.7 Å². The van der Waals surface area contributed by atoms with Gasteiger partial charge in [-0.1, -0.05) is 18.2 Å². The third-order valence-corrected chi connectivity index (χ3v) is 5.59. The molecule has 5 nitrogen and oxygen atoms in total. The summed E-state index contributed by atoms with van der Waals surface area (Å²) in [6.45, 7) is 2.97. The molecule has 0 fully saturated rings. The summed E-state index contributed by atoms with van der Waals surface area (Å²) in [7, 11) is 3.97. The first-order chi connectivity index (χ1) is 13.6. The predicted octanol–water partition coefficient (Wildman–Crippen LogP) is 5.10. The summed E-state index contributed by atoms with van der Waals surface area (Å²) in [6, 6.07) is 18.2. The van der Waals surface area contributed by atoms with E-state index in [9.17, 15) is 4.79 Å². The highest BCUT2D eigenvalue weighted by Gasteiger charge is 2.16. The van der Waals surface area contributed by atoms with Gasteiger partial charge in [-0.3, -0.25) is 4.79 Å². The van der Waals surface area contributed by atoms with Crippen LogP contribution in [0, 0.1) is 0 Å². The molecule has 0 spiro atoms. The Labute approximate surface area is 168 Å². The molecule has 0 atom stereocenters. The standard InChI is InChI=1S/C22H22N4OS/c1-4-26-19-8-6-5-7-15(19)13-20(26)22-24-18(14-28-22)21(27)23-16-9-11-17(12-10-16)25(2)3/h5-14H,4H2,1-3H3,(H,23,27). The minimum atomic E-state index is -0.195. The van der Waals surface area contributed by atoms with Gasteiger partial charge in [-0.25, -0.2) is 4.98 Å². The Bertz CT molecular complexity index is 1130. The molecule has 0 unspecified atom stereocenters. The van der Waals surface area contributed by atoms with Crippen LogP contribution in [-0.2, 0) is 6.54 Å². The van der Waals surface area contributed by atoms with Crippen molar-refractivity contribution in [2.75, 3.05) is 24.3 Å². The molecule has 2 aromatic heterocycles. The molecular weight excluding hydrogens is 368 g/mol. The molecule has 4 rings (SSSR count). The molecule has 1 amide bonds. The summed E-state index contributed by atoms with van der Waals surface area (Å²) in [6.07, 6.45) is 0. The fourth-order valence-corrected chi connectivity index (χ4v) is 4.09. The molecule has 2 aromatic carbocycles. The number of para-hydroxylation sites is 1. The number of carbonyl (C=O) groups is 1. The minimum absolute atomic E-state index is 0.195. The average molecular weight is 391 g/mol. The summed E-state index contributed by atoms with van der Waals surface area (Å²) in [5.74, 6) is -0.195. The predicted molar refractivity (Wildman–Crippen MR) is 117 cm³/mol. The second kappa shape index (κ2) is 7.48. The number of aromatic nitrogens is 2. The van der Waals surface area contributed by atoms with Crippen molar-refractivity contribution in [1.29, 1.82) is 0 Å². The topological polar surface area (TPSA) is 50.2 Å². The van der Waals surface area contributed by atoms with Gasteiger partial charge in [0.1, 0.15) is 10.7 Å². The molecule has 28 heavy (non-hydrogen) atoms. The molecule has 0 aliphatic heterocycles. The number of nitrogens with one attached hydrogen (secondary N) is 1. The molecule has 0 saturated carbocycles. The maximum Gasteiger partial charge on any atom is 0.275 e. The van der Waals surface area contributed by atoms with E-state index < -0.39 is 0 Å². The lowest BCUT2D eigenvalue weighted by Crippen LogP contribution is -2.13. The van der Waals surface area contributed by atoms with E-state index in [1.54, 1.807) is 0 Å². The minimum Gasteiger partial charge on any atom is -0.378 e. The highest BCUT2D eigenvalue weighted by atomic mass is 32.1. The van der Waals surface area contributed by atoms with Crippen molar-refractivity contribution in [2.45, 2.75) is 13.5 Å². The Morgan fingerprint density at radius 1 is 1.14 bits per heavy atom. The van der Waals surface area contributed by atoms with Gasteiger partial charge >= 0.3 is 0 Å². The fraction of sp³-hybridized carbons (Fsp3) is 0.182. The zero-order chi connectivity index (χ0) is 19.7. The number of hydrogen-bond acceptors (Lipinski definition) is 4. The number of amides is 1. The number of benzene rings is 2. The molecule has 0 radical (unpaired) electrons. The van der Waals surface area contributed by atoms with E-state index in [1.807, 2.05) is 60.8 Å². The summed E-state index contributed by atoms with van der Waals surface area (Å²) < 4.78 is 2.23. The van der Waals surface area contributed by atoms with Crippen LogP contribution in [0.5, 0.6) is 0 Å². The van der Waals surface area contributed by atoms with E-state index in [0.29, 0.717) is 5.69 Å².